The average Bonchev–Trinajstić information content (AvgIpc) is 2.97. The topological polar surface area (TPSA) is 65.2 Å². The van der Waals surface area contributed by atoms with Crippen molar-refractivity contribution < 1.29 is 8.94 Å². The molecule has 2 aromatic heterocycles. The first-order chi connectivity index (χ1) is 9.16. The molecule has 4 nitrogen and oxygen atoms in total. The van der Waals surface area contributed by atoms with Crippen molar-refractivity contribution in [3.05, 3.63) is 47.4 Å². The van der Waals surface area contributed by atoms with E-state index in [1.54, 1.807) is 6.07 Å². The molecule has 96 valence electrons. The smallest absolute Gasteiger partial charge is 0.204 e. The van der Waals surface area contributed by atoms with Crippen molar-refractivity contribution in [2.45, 2.75) is 6.92 Å². The molecule has 0 aliphatic rings. The number of aryl methyl sites for hydroxylation is 1. The second kappa shape index (κ2) is 4.48. The number of nitrogens with zero attached hydrogens (tertiary/aromatic N) is 1. The Balaban J connectivity index is 2.19. The van der Waals surface area contributed by atoms with Crippen LogP contribution in [0.3, 0.4) is 0 Å². The van der Waals surface area contributed by atoms with Crippen LogP contribution in [0.5, 0.6) is 0 Å². The largest absolute Gasteiger partial charge is 0.452 e. The summed E-state index contributed by atoms with van der Waals surface area (Å²) in [7, 11) is 0. The van der Waals surface area contributed by atoms with Crippen LogP contribution in [0.25, 0.3) is 22.5 Å². The minimum atomic E-state index is 0.254. The predicted molar refractivity (Wildman–Crippen MR) is 73.8 cm³/mol. The molecule has 0 amide bonds. The van der Waals surface area contributed by atoms with Crippen LogP contribution in [0.2, 0.25) is 5.22 Å². The third-order valence-electron chi connectivity index (χ3n) is 2.92. The van der Waals surface area contributed by atoms with Gasteiger partial charge in [-0.15, -0.1) is 0 Å². The van der Waals surface area contributed by atoms with Crippen molar-refractivity contribution in [2.75, 3.05) is 5.73 Å². The zero-order chi connectivity index (χ0) is 13.4. The zero-order valence-corrected chi connectivity index (χ0v) is 10.9. The van der Waals surface area contributed by atoms with Crippen molar-refractivity contribution in [1.82, 2.24) is 5.16 Å². The number of hydrogen-bond acceptors (Lipinski definition) is 4. The minimum absolute atomic E-state index is 0.254. The van der Waals surface area contributed by atoms with Crippen LogP contribution in [0.4, 0.5) is 5.82 Å². The summed E-state index contributed by atoms with van der Waals surface area (Å²) >= 11 is 5.97. The van der Waals surface area contributed by atoms with E-state index in [0.29, 0.717) is 17.1 Å². The molecule has 3 rings (SSSR count). The van der Waals surface area contributed by atoms with E-state index < -0.39 is 0 Å². The molecule has 0 radical (unpaired) electrons. The molecule has 2 heterocycles. The van der Waals surface area contributed by atoms with Crippen LogP contribution in [0, 0.1) is 6.92 Å². The molecule has 0 aliphatic carbocycles. The maximum atomic E-state index is 5.97. The Morgan fingerprint density at radius 2 is 1.89 bits per heavy atom. The number of hydrogen-bond donors (Lipinski definition) is 1. The molecule has 0 spiro atoms. The minimum Gasteiger partial charge on any atom is -0.452 e. The summed E-state index contributed by atoms with van der Waals surface area (Å²) in [6, 6.07) is 9.66. The van der Waals surface area contributed by atoms with Crippen LogP contribution in [-0.2, 0) is 0 Å². The summed E-state index contributed by atoms with van der Waals surface area (Å²) in [6.07, 6.45) is 1.50. The maximum absolute atomic E-state index is 5.97. The summed E-state index contributed by atoms with van der Waals surface area (Å²) in [5, 5.41) is 4.07. The molecule has 19 heavy (non-hydrogen) atoms. The standard InChI is InChI=1S/C14H11ClN2O2/c1-8-2-4-9(5-3-8)11-12(19-17-14(11)16)10-6-7-18-13(10)15/h2-7H,1H3,(H2,16,17). The van der Waals surface area contributed by atoms with E-state index >= 15 is 0 Å². The highest BCUT2D eigenvalue weighted by Gasteiger charge is 2.20. The van der Waals surface area contributed by atoms with Gasteiger partial charge in [0.25, 0.3) is 0 Å². The normalized spacial score (nSPS) is 10.8. The van der Waals surface area contributed by atoms with Crippen LogP contribution < -0.4 is 5.73 Å². The third kappa shape index (κ3) is 2.00. The lowest BCUT2D eigenvalue weighted by Crippen LogP contribution is -1.88. The zero-order valence-electron chi connectivity index (χ0n) is 10.2. The van der Waals surface area contributed by atoms with Gasteiger partial charge < -0.3 is 14.7 Å². The number of halogens is 1. The van der Waals surface area contributed by atoms with Gasteiger partial charge in [0.2, 0.25) is 5.22 Å². The van der Waals surface area contributed by atoms with Gasteiger partial charge in [0.1, 0.15) is 0 Å². The van der Waals surface area contributed by atoms with Crippen molar-refractivity contribution in [3.63, 3.8) is 0 Å². The quantitative estimate of drug-likeness (QED) is 0.762. The number of furan rings is 1. The number of benzene rings is 1. The lowest BCUT2D eigenvalue weighted by atomic mass is 10.0. The number of rotatable bonds is 2. The van der Waals surface area contributed by atoms with E-state index in [1.807, 2.05) is 31.2 Å². The molecule has 5 heteroatoms. The lowest BCUT2D eigenvalue weighted by molar-refractivity contribution is 0.435. The molecule has 0 bridgehead atoms. The van der Waals surface area contributed by atoms with Crippen molar-refractivity contribution in [1.29, 1.82) is 0 Å². The van der Waals surface area contributed by atoms with Crippen molar-refractivity contribution in [2.24, 2.45) is 0 Å². The second-order valence-electron chi connectivity index (χ2n) is 4.25. The predicted octanol–water partition coefficient (Wildman–Crippen LogP) is 4.15. The average molecular weight is 275 g/mol. The van der Waals surface area contributed by atoms with Gasteiger partial charge in [-0.25, -0.2) is 0 Å². The number of nitrogens with two attached hydrogens (primary N) is 1. The summed E-state index contributed by atoms with van der Waals surface area (Å²) in [6.45, 7) is 2.02. The molecule has 0 unspecified atom stereocenters. The van der Waals surface area contributed by atoms with Crippen molar-refractivity contribution >= 4 is 17.4 Å². The molecule has 1 aromatic carbocycles. The van der Waals surface area contributed by atoms with E-state index in [-0.39, 0.29) is 5.22 Å². The lowest BCUT2D eigenvalue weighted by Gasteiger charge is -2.02. The van der Waals surface area contributed by atoms with E-state index in [1.165, 1.54) is 11.8 Å². The molecule has 3 aromatic rings. The Labute approximate surface area is 114 Å². The number of anilines is 1. The first-order valence-corrected chi connectivity index (χ1v) is 6.10. The fourth-order valence-corrected chi connectivity index (χ4v) is 2.14. The van der Waals surface area contributed by atoms with E-state index in [9.17, 15) is 0 Å². The summed E-state index contributed by atoms with van der Waals surface area (Å²) in [4.78, 5) is 0. The summed E-state index contributed by atoms with van der Waals surface area (Å²) in [5.41, 5.74) is 9.35. The van der Waals surface area contributed by atoms with Crippen LogP contribution in [0.1, 0.15) is 5.56 Å². The van der Waals surface area contributed by atoms with Gasteiger partial charge in [0.15, 0.2) is 11.6 Å². The third-order valence-corrected chi connectivity index (χ3v) is 3.21. The van der Waals surface area contributed by atoms with E-state index in [4.69, 9.17) is 26.3 Å². The highest BCUT2D eigenvalue weighted by Crippen LogP contribution is 2.39. The molecule has 0 saturated heterocycles. The Kier molecular flexibility index (Phi) is 2.80. The van der Waals surface area contributed by atoms with Crippen LogP contribution in [0.15, 0.2) is 45.5 Å². The second-order valence-corrected chi connectivity index (χ2v) is 4.59. The molecule has 0 saturated carbocycles. The van der Waals surface area contributed by atoms with Gasteiger partial charge in [-0.1, -0.05) is 35.0 Å². The molecule has 0 fully saturated rings. The van der Waals surface area contributed by atoms with Gasteiger partial charge in [0, 0.05) is 0 Å². The molecular formula is C14H11ClN2O2. The molecular weight excluding hydrogens is 264 g/mol. The van der Waals surface area contributed by atoms with Crippen molar-refractivity contribution in [3.8, 4) is 22.5 Å². The Bertz CT molecular complexity index is 713. The molecule has 0 aliphatic heterocycles. The highest BCUT2D eigenvalue weighted by atomic mass is 35.5. The fraction of sp³-hybridized carbons (Fsp3) is 0.0714. The van der Waals surface area contributed by atoms with Crippen LogP contribution >= 0.6 is 11.6 Å². The number of aromatic nitrogens is 1. The Morgan fingerprint density at radius 3 is 2.53 bits per heavy atom. The fourth-order valence-electron chi connectivity index (χ4n) is 1.94. The molecule has 2 N–H and O–H groups in total. The van der Waals surface area contributed by atoms with Gasteiger partial charge >= 0.3 is 0 Å². The summed E-state index contributed by atoms with van der Waals surface area (Å²) < 4.78 is 10.4. The SMILES string of the molecule is Cc1ccc(-c2c(N)noc2-c2ccoc2Cl)cc1. The van der Waals surface area contributed by atoms with Gasteiger partial charge in [-0.3, -0.25) is 0 Å². The molecule has 0 atom stereocenters. The van der Waals surface area contributed by atoms with E-state index in [0.717, 1.165) is 11.1 Å². The van der Waals surface area contributed by atoms with Gasteiger partial charge in [0.05, 0.1) is 17.4 Å². The summed E-state index contributed by atoms with van der Waals surface area (Å²) in [5.74, 6) is 0.844. The monoisotopic (exact) mass is 274 g/mol. The first kappa shape index (κ1) is 11.9. The maximum Gasteiger partial charge on any atom is 0.204 e. The van der Waals surface area contributed by atoms with Crippen LogP contribution in [-0.4, -0.2) is 5.16 Å². The van der Waals surface area contributed by atoms with Gasteiger partial charge in [-0.2, -0.15) is 0 Å². The Hall–Kier alpha value is -2.20. The van der Waals surface area contributed by atoms with Gasteiger partial charge in [-0.05, 0) is 30.2 Å². The van der Waals surface area contributed by atoms with E-state index in [2.05, 4.69) is 5.16 Å². The first-order valence-electron chi connectivity index (χ1n) is 5.72. The number of nitrogen functional groups attached to an aromatic ring is 1. The highest BCUT2D eigenvalue weighted by molar-refractivity contribution is 6.31. The Morgan fingerprint density at radius 1 is 1.16 bits per heavy atom.